The van der Waals surface area contributed by atoms with Gasteiger partial charge >= 0.3 is 0 Å². The summed E-state index contributed by atoms with van der Waals surface area (Å²) < 4.78 is 13.0. The minimum atomic E-state index is -0.0728. The number of rotatable bonds is 3. The van der Waals surface area contributed by atoms with E-state index in [-0.39, 0.29) is 11.3 Å². The molecule has 1 amide bonds. The van der Waals surface area contributed by atoms with Crippen molar-refractivity contribution < 1.29 is 14.3 Å². The number of amides is 1. The van der Waals surface area contributed by atoms with Gasteiger partial charge in [-0.15, -0.1) is 0 Å². The molecule has 0 aromatic carbocycles. The van der Waals surface area contributed by atoms with Gasteiger partial charge in [0, 0.05) is 44.8 Å². The highest BCUT2D eigenvalue weighted by Crippen LogP contribution is 2.42. The van der Waals surface area contributed by atoms with Crippen LogP contribution in [0.2, 0.25) is 0 Å². The summed E-state index contributed by atoms with van der Waals surface area (Å²) in [6, 6.07) is 1.77. The number of carbonyl (C=O) groups excluding carboxylic acids is 1. The lowest BCUT2D eigenvalue weighted by atomic mass is 9.82. The Labute approximate surface area is 140 Å². The SMILES string of the molecule is COC[C@@]12COC[C@@H]1CN(C(=O)c1ccnc3c1nc(C)n3C)C2. The van der Waals surface area contributed by atoms with Gasteiger partial charge in [0.05, 0.1) is 25.4 Å². The van der Waals surface area contributed by atoms with Gasteiger partial charge in [-0.1, -0.05) is 0 Å². The van der Waals surface area contributed by atoms with E-state index >= 15 is 0 Å². The average Bonchev–Trinajstić information content (AvgIpc) is 3.19. The zero-order valence-corrected chi connectivity index (χ0v) is 14.3. The molecule has 7 heteroatoms. The molecule has 2 saturated heterocycles. The predicted octanol–water partition coefficient (Wildman–Crippen LogP) is 1.01. The van der Waals surface area contributed by atoms with Crippen LogP contribution in [0, 0.1) is 18.3 Å². The van der Waals surface area contributed by atoms with Crippen LogP contribution < -0.4 is 0 Å². The number of hydrogen-bond donors (Lipinski definition) is 0. The quantitative estimate of drug-likeness (QED) is 0.840. The third-order valence-corrected chi connectivity index (χ3v) is 5.45. The third-order valence-electron chi connectivity index (χ3n) is 5.45. The molecule has 0 radical (unpaired) electrons. The first-order chi connectivity index (χ1) is 11.6. The number of ether oxygens (including phenoxy) is 2. The average molecular weight is 330 g/mol. The van der Waals surface area contributed by atoms with Gasteiger partial charge < -0.3 is 18.9 Å². The van der Waals surface area contributed by atoms with Crippen molar-refractivity contribution in [1.82, 2.24) is 19.4 Å². The number of hydrogen-bond acceptors (Lipinski definition) is 5. The first kappa shape index (κ1) is 15.5. The van der Waals surface area contributed by atoms with Crippen LogP contribution in [-0.2, 0) is 16.5 Å². The van der Waals surface area contributed by atoms with Gasteiger partial charge in [0.2, 0.25) is 0 Å². The Morgan fingerprint density at radius 1 is 1.54 bits per heavy atom. The molecule has 0 unspecified atom stereocenters. The van der Waals surface area contributed by atoms with Crippen LogP contribution in [-0.4, -0.2) is 65.4 Å². The highest BCUT2D eigenvalue weighted by molar-refractivity contribution is 6.04. The van der Waals surface area contributed by atoms with Gasteiger partial charge in [-0.3, -0.25) is 4.79 Å². The first-order valence-electron chi connectivity index (χ1n) is 8.20. The number of aryl methyl sites for hydroxylation is 2. The summed E-state index contributed by atoms with van der Waals surface area (Å²) in [4.78, 5) is 23.9. The highest BCUT2D eigenvalue weighted by atomic mass is 16.5. The number of imidazole rings is 1. The number of likely N-dealkylation sites (tertiary alicyclic amines) is 1. The van der Waals surface area contributed by atoms with E-state index in [2.05, 4.69) is 9.97 Å². The molecule has 2 aromatic heterocycles. The number of aromatic nitrogens is 3. The summed E-state index contributed by atoms with van der Waals surface area (Å²) >= 11 is 0. The minimum Gasteiger partial charge on any atom is -0.384 e. The second-order valence-electron chi connectivity index (χ2n) is 6.94. The zero-order chi connectivity index (χ0) is 16.9. The third kappa shape index (κ3) is 2.15. The zero-order valence-electron chi connectivity index (χ0n) is 14.3. The highest BCUT2D eigenvalue weighted by Gasteiger charge is 2.52. The van der Waals surface area contributed by atoms with Crippen LogP contribution in [0.15, 0.2) is 12.3 Å². The molecule has 0 N–H and O–H groups in total. The fourth-order valence-electron chi connectivity index (χ4n) is 4.01. The van der Waals surface area contributed by atoms with Crippen molar-refractivity contribution in [1.29, 1.82) is 0 Å². The van der Waals surface area contributed by atoms with Crippen molar-refractivity contribution in [3.63, 3.8) is 0 Å². The summed E-state index contributed by atoms with van der Waals surface area (Å²) in [6.45, 7) is 5.26. The minimum absolute atomic E-state index is 0.0189. The van der Waals surface area contributed by atoms with Crippen LogP contribution in [0.4, 0.5) is 0 Å². The van der Waals surface area contributed by atoms with E-state index < -0.39 is 0 Å². The Balaban J connectivity index is 1.67. The Bertz CT molecular complexity index is 802. The number of carbonyl (C=O) groups is 1. The van der Waals surface area contributed by atoms with E-state index in [4.69, 9.17) is 9.47 Å². The monoisotopic (exact) mass is 330 g/mol. The normalized spacial score (nSPS) is 26.3. The molecule has 0 aliphatic carbocycles. The van der Waals surface area contributed by atoms with Crippen LogP contribution in [0.5, 0.6) is 0 Å². The summed E-state index contributed by atoms with van der Waals surface area (Å²) in [5.74, 6) is 1.20. The first-order valence-corrected chi connectivity index (χ1v) is 8.20. The Morgan fingerprint density at radius 3 is 3.17 bits per heavy atom. The molecule has 4 rings (SSSR count). The lowest BCUT2D eigenvalue weighted by molar-refractivity contribution is 0.0489. The second kappa shape index (κ2) is 5.53. The lowest BCUT2D eigenvalue weighted by Gasteiger charge is -2.26. The van der Waals surface area contributed by atoms with E-state index in [1.807, 2.05) is 23.4 Å². The van der Waals surface area contributed by atoms with Gasteiger partial charge in [0.1, 0.15) is 11.3 Å². The summed E-state index contributed by atoms with van der Waals surface area (Å²) in [7, 11) is 3.62. The van der Waals surface area contributed by atoms with E-state index in [1.165, 1.54) is 0 Å². The van der Waals surface area contributed by atoms with E-state index in [9.17, 15) is 4.79 Å². The van der Waals surface area contributed by atoms with Gasteiger partial charge in [-0.2, -0.15) is 0 Å². The van der Waals surface area contributed by atoms with Crippen molar-refractivity contribution >= 4 is 17.1 Å². The van der Waals surface area contributed by atoms with E-state index in [0.717, 1.165) is 11.5 Å². The Morgan fingerprint density at radius 2 is 2.38 bits per heavy atom. The van der Waals surface area contributed by atoms with Gasteiger partial charge in [-0.25, -0.2) is 9.97 Å². The smallest absolute Gasteiger partial charge is 0.256 e. The molecule has 2 aliphatic rings. The Kier molecular flexibility index (Phi) is 3.58. The van der Waals surface area contributed by atoms with Crippen molar-refractivity contribution in [2.45, 2.75) is 6.92 Å². The molecule has 0 spiro atoms. The fourth-order valence-corrected chi connectivity index (χ4v) is 4.01. The van der Waals surface area contributed by atoms with Crippen LogP contribution in [0.1, 0.15) is 16.2 Å². The predicted molar refractivity (Wildman–Crippen MR) is 87.8 cm³/mol. The topological polar surface area (TPSA) is 69.5 Å². The molecular weight excluding hydrogens is 308 g/mol. The number of pyridine rings is 1. The van der Waals surface area contributed by atoms with Gasteiger partial charge in [0.15, 0.2) is 5.65 Å². The van der Waals surface area contributed by atoms with E-state index in [0.29, 0.717) is 49.9 Å². The lowest BCUT2D eigenvalue weighted by Crippen LogP contribution is -2.37. The van der Waals surface area contributed by atoms with Crippen molar-refractivity contribution in [2.75, 3.05) is 40.0 Å². The largest absolute Gasteiger partial charge is 0.384 e. The summed E-state index contributed by atoms with van der Waals surface area (Å²) in [6.07, 6.45) is 1.68. The molecule has 0 saturated carbocycles. The van der Waals surface area contributed by atoms with Crippen molar-refractivity contribution in [3.05, 3.63) is 23.7 Å². The van der Waals surface area contributed by atoms with Gasteiger partial charge in [-0.05, 0) is 13.0 Å². The van der Waals surface area contributed by atoms with Gasteiger partial charge in [0.25, 0.3) is 5.91 Å². The standard InChI is InChI=1S/C17H22N4O3/c1-11-19-14-13(4-5-18-15(14)20(11)2)16(22)21-6-12-7-24-10-17(12,8-21)9-23-3/h4-5,12H,6-10H2,1-3H3/t12-,17-/m0/s1. The molecule has 128 valence electrons. The molecule has 2 aliphatic heterocycles. The summed E-state index contributed by atoms with van der Waals surface area (Å²) in [5, 5.41) is 0. The molecule has 2 atom stereocenters. The van der Waals surface area contributed by atoms with Crippen LogP contribution in [0.3, 0.4) is 0 Å². The Hall–Kier alpha value is -1.99. The molecule has 2 aromatic rings. The van der Waals surface area contributed by atoms with Crippen LogP contribution in [0.25, 0.3) is 11.2 Å². The van der Waals surface area contributed by atoms with Crippen LogP contribution >= 0.6 is 0 Å². The van der Waals surface area contributed by atoms with E-state index in [1.54, 1.807) is 19.4 Å². The van der Waals surface area contributed by atoms with Crippen molar-refractivity contribution in [2.24, 2.45) is 18.4 Å². The number of fused-ring (bicyclic) bond motifs is 2. The number of methoxy groups -OCH3 is 1. The summed E-state index contributed by atoms with van der Waals surface area (Å²) in [5.41, 5.74) is 1.97. The number of nitrogens with zero attached hydrogens (tertiary/aromatic N) is 4. The molecule has 2 fully saturated rings. The molecular formula is C17H22N4O3. The molecule has 4 heterocycles. The second-order valence-corrected chi connectivity index (χ2v) is 6.94. The maximum absolute atomic E-state index is 13.1. The molecule has 7 nitrogen and oxygen atoms in total. The maximum Gasteiger partial charge on any atom is 0.256 e. The maximum atomic E-state index is 13.1. The molecule has 0 bridgehead atoms. The molecule has 24 heavy (non-hydrogen) atoms. The van der Waals surface area contributed by atoms with Crippen molar-refractivity contribution in [3.8, 4) is 0 Å². The fraction of sp³-hybridized carbons (Fsp3) is 0.588.